The van der Waals surface area contributed by atoms with Crippen LogP contribution in [0.15, 0.2) is 54.0 Å². The van der Waals surface area contributed by atoms with Crippen LogP contribution in [-0.4, -0.2) is 24.4 Å². The highest BCUT2D eigenvalue weighted by atomic mass is 32.1. The number of aromatic nitrogens is 1. The molecule has 8 heteroatoms. The van der Waals surface area contributed by atoms with Crippen LogP contribution in [0.3, 0.4) is 0 Å². The molecule has 0 atom stereocenters. The third kappa shape index (κ3) is 4.90. The highest BCUT2D eigenvalue weighted by Crippen LogP contribution is 2.36. The van der Waals surface area contributed by atoms with Gasteiger partial charge in [-0.3, -0.25) is 0 Å². The quantitative estimate of drug-likeness (QED) is 0.278. The van der Waals surface area contributed by atoms with Crippen LogP contribution in [0, 0.1) is 11.3 Å². The fourth-order valence-corrected chi connectivity index (χ4v) is 3.77. The van der Waals surface area contributed by atoms with Crippen molar-refractivity contribution in [2.45, 2.75) is 19.8 Å². The van der Waals surface area contributed by atoms with E-state index in [4.69, 9.17) is 14.2 Å². The van der Waals surface area contributed by atoms with Gasteiger partial charge in [0.1, 0.15) is 16.6 Å². The van der Waals surface area contributed by atoms with Crippen molar-refractivity contribution in [3.8, 4) is 28.8 Å². The second-order valence-corrected chi connectivity index (χ2v) is 7.85. The molecule has 0 saturated heterocycles. The van der Waals surface area contributed by atoms with Crippen molar-refractivity contribution in [1.82, 2.24) is 4.98 Å². The fourth-order valence-electron chi connectivity index (χ4n) is 2.98. The zero-order valence-corrected chi connectivity index (χ0v) is 18.3. The van der Waals surface area contributed by atoms with Crippen molar-refractivity contribution in [3.05, 3.63) is 64.6 Å². The van der Waals surface area contributed by atoms with E-state index in [2.05, 4.69) is 16.4 Å². The van der Waals surface area contributed by atoms with Crippen LogP contribution < -0.4 is 14.8 Å². The first kappa shape index (κ1) is 21.4. The number of carbonyl (C=O) groups is 1. The third-order valence-electron chi connectivity index (χ3n) is 4.76. The number of carbonyl (C=O) groups excluding carboxylic acids is 1. The van der Waals surface area contributed by atoms with E-state index in [1.165, 1.54) is 11.3 Å². The number of esters is 1. The monoisotopic (exact) mass is 447 g/mol. The molecular formula is C24H21N3O4S. The molecule has 2 heterocycles. The highest BCUT2D eigenvalue weighted by molar-refractivity contribution is 7.11. The van der Waals surface area contributed by atoms with Gasteiger partial charge in [0, 0.05) is 22.8 Å². The topological polar surface area (TPSA) is 93.5 Å². The van der Waals surface area contributed by atoms with Gasteiger partial charge in [-0.15, -0.1) is 11.3 Å². The number of anilines is 1. The van der Waals surface area contributed by atoms with Crippen LogP contribution in [0.1, 0.15) is 35.1 Å². The first-order chi connectivity index (χ1) is 15.7. The Kier molecular flexibility index (Phi) is 6.68. The van der Waals surface area contributed by atoms with E-state index in [1.807, 2.05) is 30.5 Å². The zero-order valence-electron chi connectivity index (χ0n) is 17.5. The molecule has 0 amide bonds. The van der Waals surface area contributed by atoms with E-state index in [9.17, 15) is 10.1 Å². The Bertz CT molecular complexity index is 1180. The molecule has 1 aliphatic heterocycles. The van der Waals surface area contributed by atoms with E-state index in [0.29, 0.717) is 34.3 Å². The minimum atomic E-state index is -0.336. The number of benzene rings is 2. The van der Waals surface area contributed by atoms with E-state index < -0.39 is 0 Å². The Morgan fingerprint density at radius 3 is 2.84 bits per heavy atom. The molecule has 0 spiro atoms. The van der Waals surface area contributed by atoms with Crippen LogP contribution in [0.2, 0.25) is 0 Å². The largest absolute Gasteiger partial charge is 0.462 e. The number of hydrogen-bond donors (Lipinski definition) is 1. The Balaban J connectivity index is 1.43. The molecule has 3 aromatic rings. The van der Waals surface area contributed by atoms with Gasteiger partial charge in [0.25, 0.3) is 0 Å². The van der Waals surface area contributed by atoms with Crippen molar-refractivity contribution in [1.29, 1.82) is 5.26 Å². The summed E-state index contributed by atoms with van der Waals surface area (Å²) in [6.07, 6.45) is 3.43. The van der Waals surface area contributed by atoms with Crippen LogP contribution >= 0.6 is 11.3 Å². The number of rotatable bonds is 8. The van der Waals surface area contributed by atoms with Crippen molar-refractivity contribution in [2.75, 3.05) is 18.7 Å². The van der Waals surface area contributed by atoms with Gasteiger partial charge in [-0.1, -0.05) is 13.3 Å². The van der Waals surface area contributed by atoms with Gasteiger partial charge in [-0.2, -0.15) is 5.26 Å². The lowest BCUT2D eigenvalue weighted by atomic mass is 10.1. The normalized spacial score (nSPS) is 12.3. The lowest BCUT2D eigenvalue weighted by Gasteiger charge is -2.05. The molecule has 1 N–H and O–H groups in total. The molecule has 1 aliphatic rings. The summed E-state index contributed by atoms with van der Waals surface area (Å²) in [6, 6.07) is 14.7. The number of fused-ring (bicyclic) bond motifs is 1. The smallest absolute Gasteiger partial charge is 0.338 e. The molecule has 0 aliphatic carbocycles. The minimum Gasteiger partial charge on any atom is -0.462 e. The molecule has 0 radical (unpaired) electrons. The van der Waals surface area contributed by atoms with Crippen LogP contribution in [0.5, 0.6) is 11.5 Å². The molecule has 0 unspecified atom stereocenters. The van der Waals surface area contributed by atoms with Crippen molar-refractivity contribution in [3.63, 3.8) is 0 Å². The summed E-state index contributed by atoms with van der Waals surface area (Å²) in [6.45, 7) is 2.68. The number of nitriles is 1. The SMILES string of the molecule is CCCCOC(=O)c1ccc(N/C=C(\C#N)c2nc(-c3ccc4c(c3)OCO4)cs2)cc1. The molecule has 162 valence electrons. The Morgan fingerprint density at radius 2 is 2.06 bits per heavy atom. The molecular weight excluding hydrogens is 426 g/mol. The van der Waals surface area contributed by atoms with E-state index in [0.717, 1.165) is 29.8 Å². The number of ether oxygens (including phenoxy) is 3. The van der Waals surface area contributed by atoms with Crippen LogP contribution in [-0.2, 0) is 4.74 Å². The standard InChI is InChI=1S/C24H21N3O4S/c1-2-3-10-29-24(28)16-4-7-19(8-5-16)26-13-18(12-25)23-27-20(14-32-23)17-6-9-21-22(11-17)31-15-30-21/h4-9,11,13-14,26H,2-3,10,15H2,1H3/b18-13+. The minimum absolute atomic E-state index is 0.217. The summed E-state index contributed by atoms with van der Waals surface area (Å²) >= 11 is 1.39. The maximum absolute atomic E-state index is 12.0. The number of allylic oxidation sites excluding steroid dienone is 1. The van der Waals surface area contributed by atoms with Gasteiger partial charge in [0.2, 0.25) is 6.79 Å². The molecule has 0 fully saturated rings. The Morgan fingerprint density at radius 1 is 1.25 bits per heavy atom. The van der Waals surface area contributed by atoms with Crippen molar-refractivity contribution >= 4 is 28.6 Å². The van der Waals surface area contributed by atoms with Crippen LogP contribution in [0.25, 0.3) is 16.8 Å². The van der Waals surface area contributed by atoms with E-state index in [-0.39, 0.29) is 12.8 Å². The number of thiazole rings is 1. The van der Waals surface area contributed by atoms with Gasteiger partial charge < -0.3 is 19.5 Å². The second-order valence-electron chi connectivity index (χ2n) is 6.99. The third-order valence-corrected chi connectivity index (χ3v) is 5.63. The molecule has 32 heavy (non-hydrogen) atoms. The summed E-state index contributed by atoms with van der Waals surface area (Å²) in [5, 5.41) is 15.2. The van der Waals surface area contributed by atoms with E-state index >= 15 is 0 Å². The second kappa shape index (κ2) is 9.98. The predicted octanol–water partition coefficient (Wildman–Crippen LogP) is 5.47. The molecule has 2 aromatic carbocycles. The summed E-state index contributed by atoms with van der Waals surface area (Å²) in [7, 11) is 0. The first-order valence-corrected chi connectivity index (χ1v) is 11.1. The van der Waals surface area contributed by atoms with E-state index in [1.54, 1.807) is 30.5 Å². The summed E-state index contributed by atoms with van der Waals surface area (Å²) in [4.78, 5) is 16.6. The lowest BCUT2D eigenvalue weighted by Crippen LogP contribution is -2.06. The first-order valence-electron chi connectivity index (χ1n) is 10.2. The van der Waals surface area contributed by atoms with Gasteiger partial charge in [0.15, 0.2) is 11.5 Å². The van der Waals surface area contributed by atoms with Gasteiger partial charge >= 0.3 is 5.97 Å². The number of unbranched alkanes of at least 4 members (excludes halogenated alkanes) is 1. The molecule has 0 saturated carbocycles. The summed E-state index contributed by atoms with van der Waals surface area (Å²) < 4.78 is 16.0. The maximum Gasteiger partial charge on any atom is 0.338 e. The molecule has 0 bridgehead atoms. The highest BCUT2D eigenvalue weighted by Gasteiger charge is 2.16. The lowest BCUT2D eigenvalue weighted by molar-refractivity contribution is 0.0500. The number of nitrogens with zero attached hydrogens (tertiary/aromatic N) is 2. The Hall–Kier alpha value is -3.83. The average Bonchev–Trinajstić information content (AvgIpc) is 3.49. The fraction of sp³-hybridized carbons (Fsp3) is 0.208. The van der Waals surface area contributed by atoms with Crippen molar-refractivity contribution < 1.29 is 19.0 Å². The van der Waals surface area contributed by atoms with Crippen LogP contribution in [0.4, 0.5) is 5.69 Å². The number of nitrogens with one attached hydrogen (secondary N) is 1. The predicted molar refractivity (Wildman–Crippen MR) is 123 cm³/mol. The molecule has 7 nitrogen and oxygen atoms in total. The average molecular weight is 448 g/mol. The van der Waals surface area contributed by atoms with Gasteiger partial charge in [-0.05, 0) is 48.9 Å². The van der Waals surface area contributed by atoms with Gasteiger partial charge in [-0.25, -0.2) is 9.78 Å². The zero-order chi connectivity index (χ0) is 22.3. The summed E-state index contributed by atoms with van der Waals surface area (Å²) in [5.74, 6) is 1.07. The summed E-state index contributed by atoms with van der Waals surface area (Å²) in [5.41, 5.74) is 3.30. The number of hydrogen-bond acceptors (Lipinski definition) is 8. The van der Waals surface area contributed by atoms with Gasteiger partial charge in [0.05, 0.1) is 17.9 Å². The Labute approximate surface area is 189 Å². The molecule has 4 rings (SSSR count). The molecule has 1 aromatic heterocycles. The van der Waals surface area contributed by atoms with Crippen molar-refractivity contribution in [2.24, 2.45) is 0 Å². The maximum atomic E-state index is 12.0.